The lowest BCUT2D eigenvalue weighted by molar-refractivity contribution is 0.102. The molecule has 0 unspecified atom stereocenters. The highest BCUT2D eigenvalue weighted by atomic mass is 35.5. The number of methoxy groups -OCH3 is 1. The van der Waals surface area contributed by atoms with Gasteiger partial charge >= 0.3 is 0 Å². The van der Waals surface area contributed by atoms with E-state index in [9.17, 15) is 4.79 Å². The van der Waals surface area contributed by atoms with E-state index in [1.54, 1.807) is 36.1 Å². The van der Waals surface area contributed by atoms with Crippen molar-refractivity contribution in [2.45, 2.75) is 0 Å². The Hall–Kier alpha value is -1.52. The molecule has 94 valence electrons. The van der Waals surface area contributed by atoms with Crippen molar-refractivity contribution in [2.24, 2.45) is 7.05 Å². The monoisotopic (exact) mass is 284 g/mol. The molecular formula is C12H10Cl2N2O2. The second-order valence-electron chi connectivity index (χ2n) is 3.63. The summed E-state index contributed by atoms with van der Waals surface area (Å²) in [5.74, 6) is 0.452. The summed E-state index contributed by atoms with van der Waals surface area (Å²) >= 11 is 12.1. The molecule has 0 aliphatic carbocycles. The van der Waals surface area contributed by atoms with Crippen molar-refractivity contribution >= 4 is 29.0 Å². The smallest absolute Gasteiger partial charge is 0.229 e. The highest BCUT2D eigenvalue weighted by Crippen LogP contribution is 2.35. The van der Waals surface area contributed by atoms with Crippen molar-refractivity contribution in [3.05, 3.63) is 46.0 Å². The summed E-state index contributed by atoms with van der Waals surface area (Å²) in [6, 6.07) is 3.18. The van der Waals surface area contributed by atoms with Crippen LogP contribution in [0.2, 0.25) is 10.0 Å². The molecule has 0 amide bonds. The Morgan fingerprint density at radius 1 is 1.33 bits per heavy atom. The van der Waals surface area contributed by atoms with Gasteiger partial charge in [0.1, 0.15) is 10.8 Å². The third-order valence-corrected chi connectivity index (χ3v) is 3.40. The molecule has 0 spiro atoms. The van der Waals surface area contributed by atoms with E-state index in [4.69, 9.17) is 27.9 Å². The van der Waals surface area contributed by atoms with Gasteiger partial charge < -0.3 is 9.30 Å². The minimum atomic E-state index is -0.281. The standard InChI is InChI=1S/C12H10Cl2N2O2/c1-16-6-5-15-12(16)11(17)7-3-4-8(18-2)10(14)9(7)13/h3-6H,1-2H3. The molecule has 1 aromatic carbocycles. The van der Waals surface area contributed by atoms with Gasteiger partial charge in [0.25, 0.3) is 0 Å². The van der Waals surface area contributed by atoms with Crippen LogP contribution in [0.3, 0.4) is 0 Å². The zero-order chi connectivity index (χ0) is 13.3. The number of hydrogen-bond donors (Lipinski definition) is 0. The van der Waals surface area contributed by atoms with Crippen LogP contribution < -0.4 is 4.74 Å². The maximum Gasteiger partial charge on any atom is 0.229 e. The Bertz CT molecular complexity index is 608. The fraction of sp³-hybridized carbons (Fsp3) is 0.167. The molecule has 0 saturated carbocycles. The topological polar surface area (TPSA) is 44.1 Å². The maximum atomic E-state index is 12.2. The fourth-order valence-electron chi connectivity index (χ4n) is 1.57. The first-order valence-corrected chi connectivity index (χ1v) is 5.86. The van der Waals surface area contributed by atoms with Gasteiger partial charge in [-0.3, -0.25) is 4.79 Å². The number of rotatable bonds is 3. The Labute approximate surface area is 114 Å². The van der Waals surface area contributed by atoms with Crippen LogP contribution in [-0.4, -0.2) is 22.4 Å². The fourth-order valence-corrected chi connectivity index (χ4v) is 2.05. The van der Waals surface area contributed by atoms with Crippen molar-refractivity contribution in [3.8, 4) is 5.75 Å². The van der Waals surface area contributed by atoms with Gasteiger partial charge in [-0.1, -0.05) is 23.2 Å². The average molecular weight is 285 g/mol. The summed E-state index contributed by atoms with van der Waals surface area (Å²) in [7, 11) is 3.22. The first-order valence-electron chi connectivity index (χ1n) is 5.10. The quantitative estimate of drug-likeness (QED) is 0.814. The molecule has 0 aliphatic rings. The first-order chi connectivity index (χ1) is 8.56. The number of ketones is 1. The van der Waals surface area contributed by atoms with E-state index < -0.39 is 0 Å². The van der Waals surface area contributed by atoms with E-state index in [0.29, 0.717) is 17.1 Å². The summed E-state index contributed by atoms with van der Waals surface area (Å²) in [5.41, 5.74) is 0.303. The molecule has 0 bridgehead atoms. The van der Waals surface area contributed by atoms with E-state index in [1.165, 1.54) is 7.11 Å². The number of nitrogens with zero attached hydrogens (tertiary/aromatic N) is 2. The van der Waals surface area contributed by atoms with Gasteiger partial charge in [0, 0.05) is 25.0 Å². The number of ether oxygens (including phenoxy) is 1. The number of hydrogen-bond acceptors (Lipinski definition) is 3. The summed E-state index contributed by atoms with van der Waals surface area (Å²) < 4.78 is 6.65. The molecule has 1 heterocycles. The molecule has 2 aromatic rings. The molecular weight excluding hydrogens is 275 g/mol. The van der Waals surface area contributed by atoms with Crippen LogP contribution >= 0.6 is 23.2 Å². The molecule has 18 heavy (non-hydrogen) atoms. The predicted molar refractivity (Wildman–Crippen MR) is 69.7 cm³/mol. The van der Waals surface area contributed by atoms with Gasteiger partial charge in [0.05, 0.1) is 12.1 Å². The van der Waals surface area contributed by atoms with Crippen LogP contribution in [0.25, 0.3) is 0 Å². The van der Waals surface area contributed by atoms with Gasteiger partial charge in [-0.25, -0.2) is 4.98 Å². The maximum absolute atomic E-state index is 12.2. The van der Waals surface area contributed by atoms with Crippen LogP contribution in [-0.2, 0) is 7.05 Å². The third-order valence-electron chi connectivity index (χ3n) is 2.54. The van der Waals surface area contributed by atoms with Crippen LogP contribution in [0, 0.1) is 0 Å². The highest BCUT2D eigenvalue weighted by molar-refractivity contribution is 6.45. The number of aryl methyl sites for hydroxylation is 1. The molecule has 0 saturated heterocycles. The van der Waals surface area contributed by atoms with E-state index in [-0.39, 0.29) is 15.8 Å². The minimum absolute atomic E-state index is 0.170. The number of aromatic nitrogens is 2. The molecule has 0 atom stereocenters. The van der Waals surface area contributed by atoms with Crippen LogP contribution in [0.4, 0.5) is 0 Å². The van der Waals surface area contributed by atoms with Crippen molar-refractivity contribution in [1.82, 2.24) is 9.55 Å². The number of carbonyl (C=O) groups is 1. The number of benzene rings is 1. The lowest BCUT2D eigenvalue weighted by Gasteiger charge is -2.08. The second kappa shape index (κ2) is 5.00. The summed E-state index contributed by atoms with van der Waals surface area (Å²) in [4.78, 5) is 16.2. The van der Waals surface area contributed by atoms with Crippen molar-refractivity contribution in [3.63, 3.8) is 0 Å². The van der Waals surface area contributed by atoms with Gasteiger partial charge in [-0.05, 0) is 12.1 Å². The van der Waals surface area contributed by atoms with E-state index in [2.05, 4.69) is 4.98 Å². The molecule has 0 fully saturated rings. The first kappa shape index (κ1) is 12.9. The zero-order valence-corrected chi connectivity index (χ0v) is 11.3. The molecule has 2 rings (SSSR count). The molecule has 0 N–H and O–H groups in total. The largest absolute Gasteiger partial charge is 0.495 e. The van der Waals surface area contributed by atoms with Crippen molar-refractivity contribution in [1.29, 1.82) is 0 Å². The van der Waals surface area contributed by atoms with Crippen molar-refractivity contribution < 1.29 is 9.53 Å². The Morgan fingerprint density at radius 3 is 2.61 bits per heavy atom. The summed E-state index contributed by atoms with van der Waals surface area (Å²) in [6.45, 7) is 0. The summed E-state index contributed by atoms with van der Waals surface area (Å²) in [6.07, 6.45) is 3.23. The van der Waals surface area contributed by atoms with Crippen LogP contribution in [0.5, 0.6) is 5.75 Å². The number of imidazole rings is 1. The van der Waals surface area contributed by atoms with Gasteiger partial charge in [0.15, 0.2) is 5.82 Å². The lowest BCUT2D eigenvalue weighted by atomic mass is 10.1. The summed E-state index contributed by atoms with van der Waals surface area (Å²) in [5, 5.41) is 0.392. The minimum Gasteiger partial charge on any atom is -0.495 e. The second-order valence-corrected chi connectivity index (χ2v) is 4.39. The third kappa shape index (κ3) is 2.09. The number of halogens is 2. The van der Waals surface area contributed by atoms with E-state index in [0.717, 1.165) is 0 Å². The van der Waals surface area contributed by atoms with Gasteiger partial charge in [-0.15, -0.1) is 0 Å². The van der Waals surface area contributed by atoms with E-state index in [1.807, 2.05) is 0 Å². The van der Waals surface area contributed by atoms with E-state index >= 15 is 0 Å². The van der Waals surface area contributed by atoms with Crippen LogP contribution in [0.1, 0.15) is 16.2 Å². The Balaban J connectivity index is 2.50. The molecule has 6 heteroatoms. The normalized spacial score (nSPS) is 10.4. The van der Waals surface area contributed by atoms with Crippen LogP contribution in [0.15, 0.2) is 24.5 Å². The van der Waals surface area contributed by atoms with Gasteiger partial charge in [-0.2, -0.15) is 0 Å². The Kier molecular flexibility index (Phi) is 3.59. The lowest BCUT2D eigenvalue weighted by Crippen LogP contribution is -2.09. The highest BCUT2D eigenvalue weighted by Gasteiger charge is 2.20. The zero-order valence-electron chi connectivity index (χ0n) is 9.78. The van der Waals surface area contributed by atoms with Gasteiger partial charge in [0.2, 0.25) is 5.78 Å². The molecule has 4 nitrogen and oxygen atoms in total. The Morgan fingerprint density at radius 2 is 2.06 bits per heavy atom. The molecule has 1 aromatic heterocycles. The predicted octanol–water partition coefficient (Wildman–Crippen LogP) is 2.97. The molecule has 0 aliphatic heterocycles. The average Bonchev–Trinajstić information content (AvgIpc) is 2.78. The number of carbonyl (C=O) groups excluding carboxylic acids is 1. The SMILES string of the molecule is COc1ccc(C(=O)c2nccn2C)c(Cl)c1Cl. The molecule has 0 radical (unpaired) electrons. The van der Waals surface area contributed by atoms with Crippen molar-refractivity contribution in [2.75, 3.05) is 7.11 Å².